The maximum Gasteiger partial charge on any atom is 0.0896 e. The highest BCUT2D eigenvalue weighted by atomic mass is 16.5. The van der Waals surface area contributed by atoms with Gasteiger partial charge in [-0.2, -0.15) is 5.10 Å². The summed E-state index contributed by atoms with van der Waals surface area (Å²) in [5, 5.41) is 7.82. The standard InChI is InChI=1S/C13H21N3O/c1-16-9-12(8-15-16)13-11(4-5-17-13)7-14-6-10-2-3-10/h8-11,13-14H,2-7H2,1H3/t11-,13+/m1/s1. The molecule has 0 unspecified atom stereocenters. The molecule has 1 aromatic rings. The number of hydrogen-bond acceptors (Lipinski definition) is 3. The summed E-state index contributed by atoms with van der Waals surface area (Å²) in [7, 11) is 1.96. The molecule has 2 fully saturated rings. The van der Waals surface area contributed by atoms with Crippen LogP contribution >= 0.6 is 0 Å². The van der Waals surface area contributed by atoms with E-state index in [0.29, 0.717) is 5.92 Å². The molecular weight excluding hydrogens is 214 g/mol. The molecule has 1 saturated heterocycles. The highest BCUT2D eigenvalue weighted by Gasteiger charge is 2.30. The number of aryl methyl sites for hydroxylation is 1. The van der Waals surface area contributed by atoms with E-state index in [1.54, 1.807) is 0 Å². The second-order valence-corrected chi connectivity index (χ2v) is 5.39. The first-order valence-electron chi connectivity index (χ1n) is 6.64. The van der Waals surface area contributed by atoms with E-state index >= 15 is 0 Å². The number of rotatable bonds is 5. The average molecular weight is 235 g/mol. The van der Waals surface area contributed by atoms with E-state index in [0.717, 1.165) is 25.5 Å². The Bertz CT molecular complexity index is 372. The second-order valence-electron chi connectivity index (χ2n) is 5.39. The Balaban J connectivity index is 1.55. The first-order valence-corrected chi connectivity index (χ1v) is 6.64. The van der Waals surface area contributed by atoms with E-state index in [4.69, 9.17) is 4.74 Å². The Kier molecular flexibility index (Phi) is 3.16. The van der Waals surface area contributed by atoms with Crippen molar-refractivity contribution >= 4 is 0 Å². The molecule has 2 aliphatic rings. The zero-order valence-corrected chi connectivity index (χ0v) is 10.4. The SMILES string of the molecule is Cn1cc([C@H]2OCC[C@@H]2CNCC2CC2)cn1. The molecule has 0 bridgehead atoms. The molecule has 1 saturated carbocycles. The molecule has 2 atom stereocenters. The van der Waals surface area contributed by atoms with E-state index in [-0.39, 0.29) is 6.10 Å². The van der Waals surface area contributed by atoms with Gasteiger partial charge in [0.05, 0.1) is 12.3 Å². The van der Waals surface area contributed by atoms with Gasteiger partial charge in [-0.1, -0.05) is 0 Å². The van der Waals surface area contributed by atoms with Crippen molar-refractivity contribution in [2.75, 3.05) is 19.7 Å². The van der Waals surface area contributed by atoms with Gasteiger partial charge in [-0.05, 0) is 31.7 Å². The molecule has 4 nitrogen and oxygen atoms in total. The van der Waals surface area contributed by atoms with Crippen molar-refractivity contribution in [2.45, 2.75) is 25.4 Å². The minimum absolute atomic E-state index is 0.246. The number of hydrogen-bond donors (Lipinski definition) is 1. The maximum atomic E-state index is 5.84. The average Bonchev–Trinajstić information content (AvgIpc) is 2.85. The van der Waals surface area contributed by atoms with E-state index in [1.807, 2.05) is 17.9 Å². The lowest BCUT2D eigenvalue weighted by Gasteiger charge is -2.17. The predicted octanol–water partition coefficient (Wildman–Crippen LogP) is 1.50. The van der Waals surface area contributed by atoms with Gasteiger partial charge in [0.15, 0.2) is 0 Å². The summed E-state index contributed by atoms with van der Waals surface area (Å²) in [4.78, 5) is 0. The van der Waals surface area contributed by atoms with Crippen LogP contribution in [0.4, 0.5) is 0 Å². The van der Waals surface area contributed by atoms with Crippen molar-refractivity contribution in [1.29, 1.82) is 0 Å². The van der Waals surface area contributed by atoms with Crippen molar-refractivity contribution in [1.82, 2.24) is 15.1 Å². The van der Waals surface area contributed by atoms with Crippen LogP contribution in [0.25, 0.3) is 0 Å². The summed E-state index contributed by atoms with van der Waals surface area (Å²) in [6.45, 7) is 3.15. The van der Waals surface area contributed by atoms with Gasteiger partial charge >= 0.3 is 0 Å². The van der Waals surface area contributed by atoms with Crippen LogP contribution in [0.5, 0.6) is 0 Å². The third kappa shape index (κ3) is 2.69. The summed E-state index contributed by atoms with van der Waals surface area (Å²) >= 11 is 0. The minimum atomic E-state index is 0.246. The molecule has 0 radical (unpaired) electrons. The zero-order chi connectivity index (χ0) is 11.7. The molecule has 4 heteroatoms. The van der Waals surface area contributed by atoms with Gasteiger partial charge in [0, 0.05) is 37.9 Å². The van der Waals surface area contributed by atoms with Crippen molar-refractivity contribution in [3.63, 3.8) is 0 Å². The second kappa shape index (κ2) is 4.78. The highest BCUT2D eigenvalue weighted by molar-refractivity contribution is 5.11. The minimum Gasteiger partial charge on any atom is -0.373 e. The molecule has 1 aliphatic heterocycles. The lowest BCUT2D eigenvalue weighted by atomic mass is 9.97. The number of nitrogens with one attached hydrogen (secondary N) is 1. The largest absolute Gasteiger partial charge is 0.373 e. The predicted molar refractivity (Wildman–Crippen MR) is 65.6 cm³/mol. The van der Waals surface area contributed by atoms with Crippen LogP contribution in [0.15, 0.2) is 12.4 Å². The summed E-state index contributed by atoms with van der Waals surface area (Å²) in [6, 6.07) is 0. The van der Waals surface area contributed by atoms with Crippen LogP contribution in [-0.4, -0.2) is 29.5 Å². The molecular formula is C13H21N3O. The van der Waals surface area contributed by atoms with Crippen molar-refractivity contribution in [3.05, 3.63) is 18.0 Å². The molecule has 0 aromatic carbocycles. The lowest BCUT2D eigenvalue weighted by molar-refractivity contribution is 0.0904. The summed E-state index contributed by atoms with van der Waals surface area (Å²) in [5.41, 5.74) is 1.23. The molecule has 3 rings (SSSR count). The Labute approximate surface area is 102 Å². The monoisotopic (exact) mass is 235 g/mol. The molecule has 1 N–H and O–H groups in total. The van der Waals surface area contributed by atoms with E-state index < -0.39 is 0 Å². The van der Waals surface area contributed by atoms with Crippen molar-refractivity contribution in [3.8, 4) is 0 Å². The zero-order valence-electron chi connectivity index (χ0n) is 10.4. The van der Waals surface area contributed by atoms with Crippen molar-refractivity contribution < 1.29 is 4.74 Å². The summed E-state index contributed by atoms with van der Waals surface area (Å²) < 4.78 is 7.70. The van der Waals surface area contributed by atoms with Gasteiger partial charge in [-0.25, -0.2) is 0 Å². The highest BCUT2D eigenvalue weighted by Crippen LogP contribution is 2.34. The molecule has 1 aromatic heterocycles. The van der Waals surface area contributed by atoms with Gasteiger partial charge in [-0.15, -0.1) is 0 Å². The molecule has 94 valence electrons. The molecule has 17 heavy (non-hydrogen) atoms. The van der Waals surface area contributed by atoms with E-state index in [1.165, 1.54) is 24.9 Å². The fourth-order valence-electron chi connectivity index (χ4n) is 2.59. The van der Waals surface area contributed by atoms with Gasteiger partial charge in [0.1, 0.15) is 0 Å². The van der Waals surface area contributed by atoms with E-state index in [2.05, 4.69) is 16.6 Å². The molecule has 2 heterocycles. The van der Waals surface area contributed by atoms with Crippen LogP contribution in [0.1, 0.15) is 30.9 Å². The van der Waals surface area contributed by atoms with Crippen LogP contribution in [0.2, 0.25) is 0 Å². The van der Waals surface area contributed by atoms with Crippen LogP contribution < -0.4 is 5.32 Å². The Morgan fingerprint density at radius 3 is 3.00 bits per heavy atom. The van der Waals surface area contributed by atoms with Gasteiger partial charge in [-0.3, -0.25) is 4.68 Å². The van der Waals surface area contributed by atoms with Gasteiger partial charge in [0.25, 0.3) is 0 Å². The third-order valence-electron chi connectivity index (χ3n) is 3.80. The van der Waals surface area contributed by atoms with Gasteiger partial charge in [0.2, 0.25) is 0 Å². The molecule has 1 aliphatic carbocycles. The Hall–Kier alpha value is -0.870. The van der Waals surface area contributed by atoms with Crippen LogP contribution in [0.3, 0.4) is 0 Å². The van der Waals surface area contributed by atoms with Gasteiger partial charge < -0.3 is 10.1 Å². The van der Waals surface area contributed by atoms with Crippen LogP contribution in [0, 0.1) is 11.8 Å². The molecule has 0 amide bonds. The number of aromatic nitrogens is 2. The number of ether oxygens (including phenoxy) is 1. The van der Waals surface area contributed by atoms with E-state index in [9.17, 15) is 0 Å². The lowest BCUT2D eigenvalue weighted by Crippen LogP contribution is -2.26. The smallest absolute Gasteiger partial charge is 0.0896 e. The fraction of sp³-hybridized carbons (Fsp3) is 0.769. The summed E-state index contributed by atoms with van der Waals surface area (Å²) in [5.74, 6) is 1.56. The first kappa shape index (κ1) is 11.2. The normalized spacial score (nSPS) is 28.8. The maximum absolute atomic E-state index is 5.84. The fourth-order valence-corrected chi connectivity index (χ4v) is 2.59. The third-order valence-corrected chi connectivity index (χ3v) is 3.80. The van der Waals surface area contributed by atoms with Crippen molar-refractivity contribution in [2.24, 2.45) is 18.9 Å². The Morgan fingerprint density at radius 2 is 2.29 bits per heavy atom. The Morgan fingerprint density at radius 1 is 1.41 bits per heavy atom. The summed E-state index contributed by atoms with van der Waals surface area (Å²) in [6.07, 6.45) is 8.25. The topological polar surface area (TPSA) is 39.1 Å². The quantitative estimate of drug-likeness (QED) is 0.840. The first-order chi connectivity index (χ1) is 8.33. The number of nitrogens with zero attached hydrogens (tertiary/aromatic N) is 2. The molecule has 0 spiro atoms. The van der Waals surface area contributed by atoms with Crippen LogP contribution in [-0.2, 0) is 11.8 Å².